The van der Waals surface area contributed by atoms with Gasteiger partial charge in [-0.2, -0.15) is 11.6 Å². The normalized spacial score (nSPS) is 14.2. The number of hydrogen-bond donors (Lipinski definition) is 0. The molecule has 6 rings (SSSR count). The Hall–Kier alpha value is -2.10. The van der Waals surface area contributed by atoms with Gasteiger partial charge in [-0.15, -0.1) is 39.7 Å². The van der Waals surface area contributed by atoms with E-state index < -0.39 is 5.49 Å². The third-order valence-corrected chi connectivity index (χ3v) is 16.4. The molecule has 0 spiro atoms. The van der Waals surface area contributed by atoms with Crippen molar-refractivity contribution in [3.8, 4) is 0 Å². The molecule has 0 heterocycles. The summed E-state index contributed by atoms with van der Waals surface area (Å²) >= 11 is 1.27. The molecule has 0 fully saturated rings. The summed E-state index contributed by atoms with van der Waals surface area (Å²) < 4.78 is 0. The van der Waals surface area contributed by atoms with Gasteiger partial charge in [-0.1, -0.05) is 116 Å². The van der Waals surface area contributed by atoms with Gasteiger partial charge >= 0.3 is 99.5 Å². The van der Waals surface area contributed by atoms with Crippen molar-refractivity contribution in [3.05, 3.63) is 138 Å². The van der Waals surface area contributed by atoms with Crippen molar-refractivity contribution < 1.29 is 47.8 Å². The second-order valence-electron chi connectivity index (χ2n) is 15.3. The van der Waals surface area contributed by atoms with Gasteiger partial charge in [0.1, 0.15) is 0 Å². The van der Waals surface area contributed by atoms with Crippen LogP contribution < -0.4 is 35.2 Å². The SMILES string of the molecule is CC(C)(C)c1ccc2[cH-]c3ccc(C(C)(C)C)cc3c2c1.CC1[C-]=CC(C(C)(C)C)=C1.[Cl-].[Cl-].[Hf+2]=[Si](c1ccccc1)c1ccccc1. The van der Waals surface area contributed by atoms with Gasteiger partial charge in [0.25, 0.3) is 0 Å². The zero-order valence-corrected chi connectivity index (χ0v) is 35.9. The minimum absolute atomic E-state index is 0. The number of benzene rings is 4. The van der Waals surface area contributed by atoms with Gasteiger partial charge < -0.3 is 24.8 Å². The maximum atomic E-state index is 3.26. The van der Waals surface area contributed by atoms with E-state index in [1.54, 1.807) is 0 Å². The third-order valence-electron chi connectivity index (χ3n) is 8.36. The van der Waals surface area contributed by atoms with E-state index in [0.717, 1.165) is 0 Å². The van der Waals surface area contributed by atoms with Crippen molar-refractivity contribution in [1.29, 1.82) is 0 Å². The predicted molar refractivity (Wildman–Crippen MR) is 197 cm³/mol. The van der Waals surface area contributed by atoms with Crippen molar-refractivity contribution in [2.24, 2.45) is 11.3 Å². The monoisotopic (exact) mass is 844 g/mol. The number of halogens is 2. The van der Waals surface area contributed by atoms with Gasteiger partial charge in [-0.3, -0.25) is 6.08 Å². The van der Waals surface area contributed by atoms with E-state index in [-0.39, 0.29) is 35.6 Å². The summed E-state index contributed by atoms with van der Waals surface area (Å²) in [4.78, 5) is 0. The molecule has 0 aromatic heterocycles. The van der Waals surface area contributed by atoms with Crippen LogP contribution >= 0.6 is 0 Å². The molecule has 0 saturated heterocycles. The fraction of sp³-hybridized carbons (Fsp3) is 0.326. The number of allylic oxidation sites excluding steroid dienone is 4. The molecule has 5 aromatic rings. The predicted octanol–water partition coefficient (Wildman–Crippen LogP) is 4.62. The van der Waals surface area contributed by atoms with Gasteiger partial charge in [-0.05, 0) is 10.8 Å². The van der Waals surface area contributed by atoms with E-state index in [0.29, 0.717) is 11.3 Å². The fourth-order valence-electron chi connectivity index (χ4n) is 5.36. The number of fused-ring (bicyclic) bond motifs is 3. The topological polar surface area (TPSA) is 0 Å². The molecule has 0 bridgehead atoms. The average molecular weight is 844 g/mol. The van der Waals surface area contributed by atoms with Crippen LogP contribution in [-0.4, -0.2) is 5.49 Å². The molecular weight excluding hydrogens is 794 g/mol. The standard InChI is InChI=1S/C21H25.C12H10Si.C10H15.2ClH.Hf/c1-20(2,3)16-9-7-14-11-15-8-10-17(21(4,5)6)13-19(15)18(14)12-16;1-3-7-11(8-4-1)13-12-9-5-2-6-10-12;1-8-5-6-9(7-8)10(2,3)4;;;/h7-13H,1-6H3;1-10H;6-8H,1-4H3;2*1H;/q-1;;-1;;;+2/p-2. The Bertz CT molecular complexity index is 1700. The summed E-state index contributed by atoms with van der Waals surface area (Å²) in [5.74, 6) is 0.522. The van der Waals surface area contributed by atoms with E-state index in [4.69, 9.17) is 0 Å². The van der Waals surface area contributed by atoms with Gasteiger partial charge in [0, 0.05) is 0 Å². The molecular formula is C43H50Cl2HfSi-2. The third kappa shape index (κ3) is 11.2. The summed E-state index contributed by atoms with van der Waals surface area (Å²) in [6.45, 7) is 22.5. The first kappa shape index (κ1) is 41.1. The van der Waals surface area contributed by atoms with E-state index in [9.17, 15) is 0 Å². The Balaban J connectivity index is 0.000000258. The quantitative estimate of drug-likeness (QED) is 0.180. The summed E-state index contributed by atoms with van der Waals surface area (Å²) in [6.07, 6.45) is 7.65. The van der Waals surface area contributed by atoms with Crippen LogP contribution in [0.5, 0.6) is 0 Å². The van der Waals surface area contributed by atoms with E-state index >= 15 is 0 Å². The molecule has 0 amide bonds. The van der Waals surface area contributed by atoms with E-state index in [1.807, 2.05) is 0 Å². The molecule has 246 valence electrons. The van der Waals surface area contributed by atoms with Crippen LogP contribution in [0.2, 0.25) is 0 Å². The molecule has 0 nitrogen and oxygen atoms in total. The van der Waals surface area contributed by atoms with E-state index in [2.05, 4.69) is 191 Å². The van der Waals surface area contributed by atoms with Crippen LogP contribution in [0.25, 0.3) is 21.5 Å². The maximum absolute atomic E-state index is 3.26. The molecule has 0 radical (unpaired) electrons. The van der Waals surface area contributed by atoms with E-state index in [1.165, 1.54) is 71.6 Å². The molecule has 1 aliphatic rings. The Kier molecular flexibility index (Phi) is 14.9. The van der Waals surface area contributed by atoms with Crippen LogP contribution in [-0.2, 0) is 33.8 Å². The molecule has 5 aromatic carbocycles. The first-order valence-corrected chi connectivity index (χ1v) is 23.1. The van der Waals surface area contributed by atoms with Gasteiger partial charge in [0.15, 0.2) is 0 Å². The van der Waals surface area contributed by atoms with Crippen molar-refractivity contribution in [3.63, 3.8) is 0 Å². The molecule has 47 heavy (non-hydrogen) atoms. The summed E-state index contributed by atoms with van der Waals surface area (Å²) in [6, 6.07) is 37.9. The summed E-state index contributed by atoms with van der Waals surface area (Å²) in [5, 5.41) is 8.56. The van der Waals surface area contributed by atoms with Crippen molar-refractivity contribution in [2.75, 3.05) is 0 Å². The summed E-state index contributed by atoms with van der Waals surface area (Å²) in [7, 11) is 0. The second-order valence-corrected chi connectivity index (χ2v) is 22.6. The molecule has 0 saturated carbocycles. The van der Waals surface area contributed by atoms with Crippen molar-refractivity contribution >= 4 is 37.4 Å². The second kappa shape index (κ2) is 17.0. The zero-order chi connectivity index (χ0) is 33.0. The van der Waals surface area contributed by atoms with Gasteiger partial charge in [-0.25, -0.2) is 6.08 Å². The first-order valence-electron chi connectivity index (χ1n) is 16.2. The summed E-state index contributed by atoms with van der Waals surface area (Å²) in [5.41, 5.74) is 4.51. The van der Waals surface area contributed by atoms with Crippen molar-refractivity contribution in [2.45, 2.75) is 80.1 Å². The Morgan fingerprint density at radius 1 is 0.596 bits per heavy atom. The van der Waals surface area contributed by atoms with Gasteiger partial charge in [0.05, 0.1) is 0 Å². The fourth-order valence-corrected chi connectivity index (χ4v) is 10.3. The van der Waals surface area contributed by atoms with Crippen LogP contribution in [0.15, 0.2) is 121 Å². The molecule has 1 unspecified atom stereocenters. The van der Waals surface area contributed by atoms with Crippen LogP contribution in [0, 0.1) is 17.4 Å². The van der Waals surface area contributed by atoms with Gasteiger partial charge in [0.2, 0.25) is 0 Å². The zero-order valence-electron chi connectivity index (χ0n) is 29.8. The first-order chi connectivity index (χ1) is 21.0. The molecule has 1 aliphatic carbocycles. The van der Waals surface area contributed by atoms with Crippen LogP contribution in [0.3, 0.4) is 0 Å². The van der Waals surface area contributed by atoms with Crippen LogP contribution in [0.4, 0.5) is 0 Å². The molecule has 0 aliphatic heterocycles. The Labute approximate surface area is 312 Å². The number of rotatable bonds is 2. The Morgan fingerprint density at radius 2 is 1.00 bits per heavy atom. The molecule has 1 atom stereocenters. The van der Waals surface area contributed by atoms with Crippen LogP contribution in [0.1, 0.15) is 80.4 Å². The molecule has 0 N–H and O–H groups in total. The molecule has 4 heteroatoms. The Morgan fingerprint density at radius 3 is 1.30 bits per heavy atom. The minimum atomic E-state index is -0.406. The average Bonchev–Trinajstić information content (AvgIpc) is 3.60. The number of hydrogen-bond acceptors (Lipinski definition) is 0. The van der Waals surface area contributed by atoms with Crippen molar-refractivity contribution in [1.82, 2.24) is 0 Å².